The van der Waals surface area contributed by atoms with E-state index < -0.39 is 6.10 Å². The van der Waals surface area contributed by atoms with Crippen molar-refractivity contribution in [2.24, 2.45) is 0 Å². The van der Waals surface area contributed by atoms with E-state index in [2.05, 4.69) is 5.32 Å². The molecule has 0 aliphatic rings. The fourth-order valence-corrected chi connectivity index (χ4v) is 1.56. The van der Waals surface area contributed by atoms with Gasteiger partial charge in [0.05, 0.1) is 20.3 Å². The zero-order valence-corrected chi connectivity index (χ0v) is 10.9. The summed E-state index contributed by atoms with van der Waals surface area (Å²) in [5, 5.41) is 11.9. The molecule has 0 heterocycles. The maximum Gasteiger partial charge on any atom is 0.258 e. The molecule has 5 nitrogen and oxygen atoms in total. The van der Waals surface area contributed by atoms with Crippen LogP contribution in [0.4, 0.5) is 0 Å². The number of benzene rings is 1. The largest absolute Gasteiger partial charge is 0.496 e. The van der Waals surface area contributed by atoms with E-state index in [0.717, 1.165) is 0 Å². The van der Waals surface area contributed by atoms with Crippen LogP contribution in [0.3, 0.4) is 0 Å². The van der Waals surface area contributed by atoms with Crippen molar-refractivity contribution in [1.29, 1.82) is 0 Å². The molecule has 0 saturated heterocycles. The predicted molar refractivity (Wildman–Crippen MR) is 68.2 cm³/mol. The van der Waals surface area contributed by atoms with Gasteiger partial charge in [-0.2, -0.15) is 0 Å². The van der Waals surface area contributed by atoms with Gasteiger partial charge in [-0.15, -0.1) is 0 Å². The van der Waals surface area contributed by atoms with Gasteiger partial charge in [0.15, 0.2) is 0 Å². The molecule has 18 heavy (non-hydrogen) atoms. The standard InChI is InChI=1S/C13H19NO4/c1-9(15)7-8-14-13(16)12-10(17-2)5-4-6-11(12)18-3/h4-6,9,15H,7-8H2,1-3H3,(H,14,16). The number of aliphatic hydroxyl groups is 1. The van der Waals surface area contributed by atoms with Gasteiger partial charge in [0, 0.05) is 6.54 Å². The molecule has 1 aromatic rings. The van der Waals surface area contributed by atoms with Crippen molar-refractivity contribution in [3.8, 4) is 11.5 Å². The van der Waals surface area contributed by atoms with Crippen LogP contribution in [0.25, 0.3) is 0 Å². The Morgan fingerprint density at radius 3 is 2.33 bits per heavy atom. The molecule has 100 valence electrons. The number of hydrogen-bond donors (Lipinski definition) is 2. The molecule has 0 radical (unpaired) electrons. The number of hydrogen-bond acceptors (Lipinski definition) is 4. The first kappa shape index (κ1) is 14.3. The monoisotopic (exact) mass is 253 g/mol. The van der Waals surface area contributed by atoms with Crippen molar-refractivity contribution >= 4 is 5.91 Å². The van der Waals surface area contributed by atoms with E-state index >= 15 is 0 Å². The number of carbonyl (C=O) groups is 1. The van der Waals surface area contributed by atoms with Crippen LogP contribution in [0.15, 0.2) is 18.2 Å². The molecule has 0 aliphatic carbocycles. The summed E-state index contributed by atoms with van der Waals surface area (Å²) in [6, 6.07) is 5.16. The number of nitrogens with one attached hydrogen (secondary N) is 1. The maximum atomic E-state index is 12.0. The number of aliphatic hydroxyl groups excluding tert-OH is 1. The second kappa shape index (κ2) is 6.86. The van der Waals surface area contributed by atoms with Gasteiger partial charge in [-0.25, -0.2) is 0 Å². The van der Waals surface area contributed by atoms with Crippen molar-refractivity contribution < 1.29 is 19.4 Å². The number of ether oxygens (including phenoxy) is 2. The lowest BCUT2D eigenvalue weighted by Gasteiger charge is -2.13. The third kappa shape index (κ3) is 3.63. The van der Waals surface area contributed by atoms with Crippen LogP contribution >= 0.6 is 0 Å². The molecular weight excluding hydrogens is 234 g/mol. The van der Waals surface area contributed by atoms with E-state index in [-0.39, 0.29) is 5.91 Å². The summed E-state index contributed by atoms with van der Waals surface area (Å²) in [5.41, 5.74) is 0.369. The fraction of sp³-hybridized carbons (Fsp3) is 0.462. The highest BCUT2D eigenvalue weighted by Gasteiger charge is 2.17. The molecule has 1 atom stereocenters. The van der Waals surface area contributed by atoms with Crippen LogP contribution in [0.1, 0.15) is 23.7 Å². The predicted octanol–water partition coefficient (Wildman–Crippen LogP) is 1.20. The highest BCUT2D eigenvalue weighted by Crippen LogP contribution is 2.27. The molecule has 1 amide bonds. The summed E-state index contributed by atoms with van der Waals surface area (Å²) in [4.78, 5) is 12.0. The van der Waals surface area contributed by atoms with Crippen LogP contribution in [0.5, 0.6) is 11.5 Å². The first-order valence-electron chi connectivity index (χ1n) is 5.77. The van der Waals surface area contributed by atoms with Gasteiger partial charge in [0.2, 0.25) is 0 Å². The lowest BCUT2D eigenvalue weighted by molar-refractivity contribution is 0.0939. The molecule has 0 aliphatic heterocycles. The lowest BCUT2D eigenvalue weighted by Crippen LogP contribution is -2.27. The second-order valence-electron chi connectivity index (χ2n) is 3.93. The summed E-state index contributed by atoms with van der Waals surface area (Å²) < 4.78 is 10.3. The molecule has 2 N–H and O–H groups in total. The van der Waals surface area contributed by atoms with Crippen LogP contribution in [0, 0.1) is 0 Å². The van der Waals surface area contributed by atoms with Gasteiger partial charge in [0.25, 0.3) is 5.91 Å². The van der Waals surface area contributed by atoms with E-state index in [1.807, 2.05) is 0 Å². The third-order valence-corrected chi connectivity index (χ3v) is 2.50. The van der Waals surface area contributed by atoms with Crippen LogP contribution in [-0.2, 0) is 0 Å². The van der Waals surface area contributed by atoms with Crippen LogP contribution in [-0.4, -0.2) is 37.9 Å². The number of rotatable bonds is 6. The van der Waals surface area contributed by atoms with Gasteiger partial charge in [-0.05, 0) is 25.5 Å². The Morgan fingerprint density at radius 2 is 1.89 bits per heavy atom. The summed E-state index contributed by atoms with van der Waals surface area (Å²) in [6.07, 6.45) is 0.0632. The topological polar surface area (TPSA) is 67.8 Å². The molecular formula is C13H19NO4. The maximum absolute atomic E-state index is 12.0. The van der Waals surface area contributed by atoms with Crippen molar-refractivity contribution in [1.82, 2.24) is 5.32 Å². The Balaban J connectivity index is 2.83. The van der Waals surface area contributed by atoms with Gasteiger partial charge >= 0.3 is 0 Å². The molecule has 0 aromatic heterocycles. The van der Waals surface area contributed by atoms with Crippen molar-refractivity contribution in [3.05, 3.63) is 23.8 Å². The quantitative estimate of drug-likeness (QED) is 0.799. The summed E-state index contributed by atoms with van der Waals surface area (Å²) in [7, 11) is 3.00. The van der Waals surface area contributed by atoms with Gasteiger partial charge in [-0.1, -0.05) is 6.07 Å². The Bertz CT molecular complexity index is 382. The molecule has 0 saturated carbocycles. The SMILES string of the molecule is COc1cccc(OC)c1C(=O)NCCC(C)O. The van der Waals surface area contributed by atoms with Crippen molar-refractivity contribution in [2.45, 2.75) is 19.4 Å². The second-order valence-corrected chi connectivity index (χ2v) is 3.93. The first-order chi connectivity index (χ1) is 8.60. The highest BCUT2D eigenvalue weighted by molar-refractivity contribution is 5.99. The van der Waals surface area contributed by atoms with E-state index in [0.29, 0.717) is 30.0 Å². The fourth-order valence-electron chi connectivity index (χ4n) is 1.56. The Labute approximate surface area is 107 Å². The molecule has 5 heteroatoms. The minimum absolute atomic E-state index is 0.273. The van der Waals surface area contributed by atoms with E-state index in [1.54, 1.807) is 25.1 Å². The molecule has 1 rings (SSSR count). The van der Waals surface area contributed by atoms with E-state index in [4.69, 9.17) is 14.6 Å². The number of carbonyl (C=O) groups excluding carboxylic acids is 1. The molecule has 0 spiro atoms. The zero-order chi connectivity index (χ0) is 13.5. The summed E-state index contributed by atoms with van der Waals surface area (Å²) >= 11 is 0. The average molecular weight is 253 g/mol. The van der Waals surface area contributed by atoms with Gasteiger partial charge in [0.1, 0.15) is 17.1 Å². The Morgan fingerprint density at radius 1 is 1.33 bits per heavy atom. The van der Waals surface area contributed by atoms with E-state index in [9.17, 15) is 4.79 Å². The molecule has 1 unspecified atom stereocenters. The highest BCUT2D eigenvalue weighted by atomic mass is 16.5. The zero-order valence-electron chi connectivity index (χ0n) is 10.9. The minimum Gasteiger partial charge on any atom is -0.496 e. The number of methoxy groups -OCH3 is 2. The third-order valence-electron chi connectivity index (χ3n) is 2.50. The molecule has 1 aromatic carbocycles. The average Bonchev–Trinajstić information content (AvgIpc) is 2.36. The first-order valence-corrected chi connectivity index (χ1v) is 5.77. The number of amides is 1. The van der Waals surface area contributed by atoms with Gasteiger partial charge in [-0.3, -0.25) is 4.79 Å². The smallest absolute Gasteiger partial charge is 0.258 e. The summed E-state index contributed by atoms with van der Waals surface area (Å²) in [6.45, 7) is 2.08. The van der Waals surface area contributed by atoms with Crippen LogP contribution in [0.2, 0.25) is 0 Å². The minimum atomic E-state index is -0.440. The summed E-state index contributed by atoms with van der Waals surface area (Å²) in [5.74, 6) is 0.651. The van der Waals surface area contributed by atoms with Gasteiger partial charge < -0.3 is 19.9 Å². The van der Waals surface area contributed by atoms with E-state index in [1.165, 1.54) is 14.2 Å². The van der Waals surface area contributed by atoms with Crippen LogP contribution < -0.4 is 14.8 Å². The lowest BCUT2D eigenvalue weighted by atomic mass is 10.1. The van der Waals surface area contributed by atoms with Crippen molar-refractivity contribution in [2.75, 3.05) is 20.8 Å². The van der Waals surface area contributed by atoms with Crippen molar-refractivity contribution in [3.63, 3.8) is 0 Å². The normalized spacial score (nSPS) is 11.8. The Hall–Kier alpha value is -1.75. The molecule has 0 fully saturated rings. The Kier molecular flexibility index (Phi) is 5.45. The molecule has 0 bridgehead atoms.